The standard InChI is InChI=1S/C25H26F2N2O3/c1-16-14-20(27)18(15-19(16)26)22(30)28-12-10-25(11-13-28)23(31)29-21(8-9-24(29,2)32-25)17-6-4-3-5-7-17/h3-7,14-15,21H,8-13H2,1-2H3/t21-,24+/m0/s1. The van der Waals surface area contributed by atoms with Crippen LogP contribution in [-0.2, 0) is 9.53 Å². The molecule has 2 aromatic carbocycles. The Morgan fingerprint density at radius 1 is 1.06 bits per heavy atom. The van der Waals surface area contributed by atoms with Crippen molar-refractivity contribution < 1.29 is 23.1 Å². The molecule has 2 atom stereocenters. The first-order valence-corrected chi connectivity index (χ1v) is 11.1. The number of fused-ring (bicyclic) bond motifs is 1. The lowest BCUT2D eigenvalue weighted by atomic mass is 9.89. The van der Waals surface area contributed by atoms with E-state index in [1.807, 2.05) is 42.2 Å². The van der Waals surface area contributed by atoms with Crippen molar-refractivity contribution in [3.8, 4) is 0 Å². The third kappa shape index (κ3) is 3.13. The van der Waals surface area contributed by atoms with E-state index < -0.39 is 28.9 Å². The summed E-state index contributed by atoms with van der Waals surface area (Å²) in [6.45, 7) is 3.92. The summed E-state index contributed by atoms with van der Waals surface area (Å²) in [5, 5.41) is 0. The highest BCUT2D eigenvalue weighted by Gasteiger charge is 2.63. The second kappa shape index (κ2) is 7.37. The van der Waals surface area contributed by atoms with Gasteiger partial charge in [0.25, 0.3) is 11.8 Å². The Bertz CT molecular complexity index is 1080. The second-order valence-corrected chi connectivity index (χ2v) is 9.29. The number of carbonyl (C=O) groups is 2. The number of halogens is 2. The van der Waals surface area contributed by atoms with E-state index >= 15 is 0 Å². The first-order valence-electron chi connectivity index (χ1n) is 11.1. The van der Waals surface area contributed by atoms with Crippen molar-refractivity contribution in [2.75, 3.05) is 13.1 Å². The van der Waals surface area contributed by atoms with Gasteiger partial charge in [-0.25, -0.2) is 8.78 Å². The van der Waals surface area contributed by atoms with Crippen molar-refractivity contribution in [3.63, 3.8) is 0 Å². The molecule has 32 heavy (non-hydrogen) atoms. The molecule has 3 heterocycles. The molecule has 168 valence electrons. The zero-order valence-electron chi connectivity index (χ0n) is 18.2. The van der Waals surface area contributed by atoms with Gasteiger partial charge in [0.15, 0.2) is 5.60 Å². The highest BCUT2D eigenvalue weighted by molar-refractivity contribution is 5.95. The monoisotopic (exact) mass is 440 g/mol. The van der Waals surface area contributed by atoms with Crippen molar-refractivity contribution in [1.29, 1.82) is 0 Å². The predicted octanol–water partition coefficient (Wildman–Crippen LogP) is 4.36. The number of aryl methyl sites for hydroxylation is 1. The molecular weight excluding hydrogens is 414 g/mol. The van der Waals surface area contributed by atoms with Crippen LogP contribution in [0.1, 0.15) is 60.1 Å². The van der Waals surface area contributed by atoms with Crippen LogP contribution in [0.5, 0.6) is 0 Å². The summed E-state index contributed by atoms with van der Waals surface area (Å²) in [5.74, 6) is -1.94. The van der Waals surface area contributed by atoms with E-state index in [0.717, 1.165) is 30.5 Å². The largest absolute Gasteiger partial charge is 0.339 e. The van der Waals surface area contributed by atoms with Gasteiger partial charge in [0.1, 0.15) is 17.4 Å². The summed E-state index contributed by atoms with van der Waals surface area (Å²) in [4.78, 5) is 29.8. The van der Waals surface area contributed by atoms with Gasteiger partial charge in [0.2, 0.25) is 0 Å². The minimum absolute atomic E-state index is 0.0302. The van der Waals surface area contributed by atoms with Crippen LogP contribution in [0.4, 0.5) is 8.78 Å². The number of carbonyl (C=O) groups excluding carboxylic acids is 2. The summed E-state index contributed by atoms with van der Waals surface area (Å²) < 4.78 is 34.7. The molecule has 2 aromatic rings. The summed E-state index contributed by atoms with van der Waals surface area (Å²) >= 11 is 0. The SMILES string of the molecule is Cc1cc(F)c(C(=O)N2CCC3(CC2)O[C@]2(C)CC[C@@H](c4ccccc4)N2C3=O)cc1F. The minimum Gasteiger partial charge on any atom is -0.339 e. The zero-order valence-corrected chi connectivity index (χ0v) is 18.2. The van der Waals surface area contributed by atoms with E-state index in [2.05, 4.69) is 0 Å². The van der Waals surface area contributed by atoms with Crippen LogP contribution in [0.15, 0.2) is 42.5 Å². The van der Waals surface area contributed by atoms with Gasteiger partial charge >= 0.3 is 0 Å². The maximum absolute atomic E-state index is 14.3. The summed E-state index contributed by atoms with van der Waals surface area (Å²) in [6, 6.07) is 11.9. The normalized spacial score (nSPS) is 26.6. The maximum atomic E-state index is 14.3. The van der Waals surface area contributed by atoms with Crippen molar-refractivity contribution in [2.24, 2.45) is 0 Å². The van der Waals surface area contributed by atoms with Gasteiger partial charge in [0.05, 0.1) is 11.6 Å². The van der Waals surface area contributed by atoms with E-state index in [-0.39, 0.29) is 36.2 Å². The Balaban J connectivity index is 1.34. The Hall–Kier alpha value is -2.80. The topological polar surface area (TPSA) is 49.9 Å². The first-order chi connectivity index (χ1) is 15.2. The fourth-order valence-corrected chi connectivity index (χ4v) is 5.48. The van der Waals surface area contributed by atoms with Gasteiger partial charge in [-0.05, 0) is 49.9 Å². The molecule has 3 aliphatic heterocycles. The highest BCUT2D eigenvalue weighted by atomic mass is 19.1. The Labute approximate surface area is 186 Å². The lowest BCUT2D eigenvalue weighted by Crippen LogP contribution is -2.51. The Morgan fingerprint density at radius 3 is 2.44 bits per heavy atom. The number of hydrogen-bond donors (Lipinski definition) is 0. The van der Waals surface area contributed by atoms with E-state index in [1.165, 1.54) is 11.8 Å². The van der Waals surface area contributed by atoms with Gasteiger partial charge in [-0.1, -0.05) is 30.3 Å². The van der Waals surface area contributed by atoms with Crippen molar-refractivity contribution in [1.82, 2.24) is 9.80 Å². The lowest BCUT2D eigenvalue weighted by Gasteiger charge is -2.38. The van der Waals surface area contributed by atoms with Crippen LogP contribution in [-0.4, -0.2) is 46.0 Å². The number of benzene rings is 2. The molecule has 2 amide bonds. The molecule has 0 aromatic heterocycles. The van der Waals surface area contributed by atoms with E-state index in [9.17, 15) is 18.4 Å². The number of amides is 2. The molecular formula is C25H26F2N2O3. The fourth-order valence-electron chi connectivity index (χ4n) is 5.48. The van der Waals surface area contributed by atoms with Crippen LogP contribution >= 0.6 is 0 Å². The summed E-state index contributed by atoms with van der Waals surface area (Å²) in [7, 11) is 0. The van der Waals surface area contributed by atoms with Crippen LogP contribution in [0.2, 0.25) is 0 Å². The lowest BCUT2D eigenvalue weighted by molar-refractivity contribution is -0.148. The molecule has 3 saturated heterocycles. The van der Waals surface area contributed by atoms with E-state index in [1.54, 1.807) is 0 Å². The quantitative estimate of drug-likeness (QED) is 0.697. The van der Waals surface area contributed by atoms with E-state index in [0.29, 0.717) is 12.8 Å². The Kier molecular flexibility index (Phi) is 4.85. The third-order valence-corrected chi connectivity index (χ3v) is 7.25. The van der Waals surface area contributed by atoms with Gasteiger partial charge in [0, 0.05) is 25.9 Å². The summed E-state index contributed by atoms with van der Waals surface area (Å²) in [6.07, 6.45) is 2.25. The molecule has 1 spiro atoms. The zero-order chi connectivity index (χ0) is 22.7. The van der Waals surface area contributed by atoms with E-state index in [4.69, 9.17) is 4.74 Å². The molecule has 5 rings (SSSR count). The van der Waals surface area contributed by atoms with Crippen molar-refractivity contribution in [2.45, 2.75) is 56.9 Å². The molecule has 0 N–H and O–H groups in total. The molecule has 0 bridgehead atoms. The minimum atomic E-state index is -0.976. The Morgan fingerprint density at radius 2 is 1.75 bits per heavy atom. The molecule has 0 aliphatic carbocycles. The molecule has 0 unspecified atom stereocenters. The van der Waals surface area contributed by atoms with Gasteiger partial charge < -0.3 is 14.5 Å². The van der Waals surface area contributed by atoms with Crippen LogP contribution in [0.25, 0.3) is 0 Å². The highest BCUT2D eigenvalue weighted by Crippen LogP contribution is 2.53. The number of hydrogen-bond acceptors (Lipinski definition) is 3. The fraction of sp³-hybridized carbons (Fsp3) is 0.440. The maximum Gasteiger partial charge on any atom is 0.257 e. The number of rotatable bonds is 2. The van der Waals surface area contributed by atoms with Crippen molar-refractivity contribution in [3.05, 3.63) is 70.8 Å². The molecule has 3 fully saturated rings. The summed E-state index contributed by atoms with van der Waals surface area (Å²) in [5.41, 5.74) is -0.677. The molecule has 0 saturated carbocycles. The average Bonchev–Trinajstić information content (AvgIpc) is 3.22. The predicted molar refractivity (Wildman–Crippen MR) is 114 cm³/mol. The number of nitrogens with zero attached hydrogens (tertiary/aromatic N) is 2. The number of ether oxygens (including phenoxy) is 1. The number of piperidine rings is 1. The van der Waals surface area contributed by atoms with Gasteiger partial charge in [-0.2, -0.15) is 0 Å². The van der Waals surface area contributed by atoms with Crippen LogP contribution in [0.3, 0.4) is 0 Å². The van der Waals surface area contributed by atoms with Crippen LogP contribution < -0.4 is 0 Å². The second-order valence-electron chi connectivity index (χ2n) is 9.29. The van der Waals surface area contributed by atoms with Gasteiger partial charge in [-0.3, -0.25) is 9.59 Å². The third-order valence-electron chi connectivity index (χ3n) is 7.25. The smallest absolute Gasteiger partial charge is 0.257 e. The molecule has 7 heteroatoms. The number of likely N-dealkylation sites (tertiary alicyclic amines) is 1. The first kappa shape index (κ1) is 21.1. The van der Waals surface area contributed by atoms with Crippen molar-refractivity contribution >= 4 is 11.8 Å². The van der Waals surface area contributed by atoms with Crippen LogP contribution in [0, 0.1) is 18.6 Å². The molecule has 0 radical (unpaired) electrons. The molecule has 3 aliphatic rings. The van der Waals surface area contributed by atoms with Gasteiger partial charge in [-0.15, -0.1) is 0 Å². The average molecular weight is 440 g/mol. The molecule has 5 nitrogen and oxygen atoms in total.